The molecule has 0 aliphatic heterocycles. The van der Waals surface area contributed by atoms with Crippen LogP contribution in [0.25, 0.3) is 0 Å². The quantitative estimate of drug-likeness (QED) is 0.427. The minimum Gasteiger partial charge on any atom is -0.484 e. The van der Waals surface area contributed by atoms with Crippen LogP contribution in [-0.2, 0) is 31.4 Å². The van der Waals surface area contributed by atoms with E-state index in [1.165, 1.54) is 50.5 Å². The lowest BCUT2D eigenvalue weighted by Crippen LogP contribution is -2.24. The number of benzene rings is 3. The van der Waals surface area contributed by atoms with Crippen molar-refractivity contribution >= 4 is 31.6 Å². The number of nitrogens with one attached hydrogen (secondary N) is 2. The van der Waals surface area contributed by atoms with Crippen LogP contribution in [0.15, 0.2) is 82.6 Å². The van der Waals surface area contributed by atoms with E-state index >= 15 is 0 Å². The predicted octanol–water partition coefficient (Wildman–Crippen LogP) is 2.74. The Morgan fingerprint density at radius 1 is 0.886 bits per heavy atom. The van der Waals surface area contributed by atoms with Gasteiger partial charge in [-0.25, -0.2) is 25.9 Å². The van der Waals surface area contributed by atoms with Crippen LogP contribution in [0.1, 0.15) is 11.1 Å². The number of amides is 1. The van der Waals surface area contributed by atoms with Crippen LogP contribution in [0, 0.1) is 6.92 Å². The van der Waals surface area contributed by atoms with E-state index in [1.807, 2.05) is 30.3 Å². The van der Waals surface area contributed by atoms with Gasteiger partial charge in [-0.15, -0.1) is 0 Å². The molecular formula is C24H27N3O6S2. The van der Waals surface area contributed by atoms with Crippen LogP contribution in [0.2, 0.25) is 0 Å². The van der Waals surface area contributed by atoms with E-state index in [0.717, 1.165) is 9.87 Å². The molecule has 3 aromatic rings. The summed E-state index contributed by atoms with van der Waals surface area (Å²) in [4.78, 5) is 12.5. The van der Waals surface area contributed by atoms with E-state index in [2.05, 4.69) is 10.0 Å². The van der Waals surface area contributed by atoms with Crippen molar-refractivity contribution in [2.45, 2.75) is 23.3 Å². The van der Waals surface area contributed by atoms with Crippen molar-refractivity contribution < 1.29 is 26.4 Å². The van der Waals surface area contributed by atoms with Crippen LogP contribution < -0.4 is 14.8 Å². The second-order valence-corrected chi connectivity index (χ2v) is 11.8. The summed E-state index contributed by atoms with van der Waals surface area (Å²) in [5, 5.41) is 2.65. The Labute approximate surface area is 205 Å². The van der Waals surface area contributed by atoms with Crippen molar-refractivity contribution in [3.63, 3.8) is 0 Å². The monoisotopic (exact) mass is 517 g/mol. The highest BCUT2D eigenvalue weighted by atomic mass is 32.2. The first kappa shape index (κ1) is 26.4. The number of nitrogens with zero attached hydrogens (tertiary/aromatic N) is 1. The predicted molar refractivity (Wildman–Crippen MR) is 133 cm³/mol. The third-order valence-electron chi connectivity index (χ3n) is 5.07. The van der Waals surface area contributed by atoms with Gasteiger partial charge in [-0.3, -0.25) is 4.79 Å². The normalized spacial score (nSPS) is 11.9. The van der Waals surface area contributed by atoms with Gasteiger partial charge in [0.2, 0.25) is 20.0 Å². The SMILES string of the molecule is Cc1ccc(S(=O)(=O)N(C)C)cc1NC(=O)COc1ccc(S(=O)(=O)NCc2ccccc2)cc1. The topological polar surface area (TPSA) is 122 Å². The Balaban J connectivity index is 1.59. The fraction of sp³-hybridized carbons (Fsp3) is 0.208. The molecule has 0 bridgehead atoms. The number of sulfonamides is 2. The molecule has 9 nitrogen and oxygen atoms in total. The molecule has 0 atom stereocenters. The molecule has 0 spiro atoms. The second kappa shape index (κ2) is 11.0. The van der Waals surface area contributed by atoms with Crippen molar-refractivity contribution in [1.82, 2.24) is 9.03 Å². The lowest BCUT2D eigenvalue weighted by molar-refractivity contribution is -0.118. The zero-order valence-electron chi connectivity index (χ0n) is 19.6. The van der Waals surface area contributed by atoms with Crippen molar-refractivity contribution in [1.29, 1.82) is 0 Å². The second-order valence-electron chi connectivity index (χ2n) is 7.88. The Hall–Kier alpha value is -3.25. The molecule has 0 unspecified atom stereocenters. The number of ether oxygens (including phenoxy) is 1. The van der Waals surface area contributed by atoms with Crippen molar-refractivity contribution in [3.8, 4) is 5.75 Å². The first-order valence-electron chi connectivity index (χ1n) is 10.6. The average molecular weight is 518 g/mol. The Bertz CT molecular complexity index is 1390. The maximum atomic E-state index is 12.5. The van der Waals surface area contributed by atoms with Crippen molar-refractivity contribution in [2.24, 2.45) is 0 Å². The first-order chi connectivity index (χ1) is 16.5. The third kappa shape index (κ3) is 6.89. The molecule has 0 saturated carbocycles. The number of anilines is 1. The van der Waals surface area contributed by atoms with Crippen LogP contribution >= 0.6 is 0 Å². The summed E-state index contributed by atoms with van der Waals surface area (Å²) in [6.45, 7) is 1.56. The summed E-state index contributed by atoms with van der Waals surface area (Å²) in [6, 6.07) is 19.3. The lowest BCUT2D eigenvalue weighted by atomic mass is 10.2. The van der Waals surface area contributed by atoms with Gasteiger partial charge in [-0.05, 0) is 54.4 Å². The molecule has 0 aliphatic rings. The smallest absolute Gasteiger partial charge is 0.262 e. The summed E-state index contributed by atoms with van der Waals surface area (Å²) in [5.74, 6) is -0.184. The molecule has 35 heavy (non-hydrogen) atoms. The van der Waals surface area contributed by atoms with Crippen molar-refractivity contribution in [2.75, 3.05) is 26.0 Å². The molecule has 11 heteroatoms. The molecule has 0 radical (unpaired) electrons. The molecule has 0 fully saturated rings. The van der Waals surface area contributed by atoms with Gasteiger partial charge in [0.05, 0.1) is 9.79 Å². The lowest BCUT2D eigenvalue weighted by Gasteiger charge is -2.14. The number of hydrogen-bond acceptors (Lipinski definition) is 6. The van der Waals surface area contributed by atoms with Crippen LogP contribution in [0.4, 0.5) is 5.69 Å². The number of carbonyl (C=O) groups is 1. The summed E-state index contributed by atoms with van der Waals surface area (Å²) in [5.41, 5.74) is 1.88. The van der Waals surface area contributed by atoms with Crippen LogP contribution in [-0.4, -0.2) is 47.8 Å². The molecule has 1 amide bonds. The minimum absolute atomic E-state index is 0.0574. The number of aryl methyl sites for hydroxylation is 1. The zero-order chi connectivity index (χ0) is 25.6. The summed E-state index contributed by atoms with van der Waals surface area (Å²) in [6.07, 6.45) is 0. The third-order valence-corrected chi connectivity index (χ3v) is 8.30. The standard InChI is InChI=1S/C24H27N3O6S2/c1-18-9-12-22(35(31,32)27(2)3)15-23(18)26-24(28)17-33-20-10-13-21(14-11-20)34(29,30)25-16-19-7-5-4-6-8-19/h4-15,25H,16-17H2,1-3H3,(H,26,28). The number of carbonyl (C=O) groups excluding carboxylic acids is 1. The van der Waals surface area contributed by atoms with Gasteiger partial charge in [-0.2, -0.15) is 0 Å². The van der Waals surface area contributed by atoms with Gasteiger partial charge in [0, 0.05) is 26.3 Å². The molecule has 3 rings (SSSR count). The van der Waals surface area contributed by atoms with Gasteiger partial charge in [-0.1, -0.05) is 36.4 Å². The molecule has 0 aromatic heterocycles. The molecular weight excluding hydrogens is 490 g/mol. The molecule has 0 aliphatic carbocycles. The van der Waals surface area contributed by atoms with E-state index in [1.54, 1.807) is 13.0 Å². The van der Waals surface area contributed by atoms with Crippen molar-refractivity contribution in [3.05, 3.63) is 83.9 Å². The highest BCUT2D eigenvalue weighted by Crippen LogP contribution is 2.22. The van der Waals surface area contributed by atoms with Gasteiger partial charge in [0.15, 0.2) is 6.61 Å². The van der Waals surface area contributed by atoms with Gasteiger partial charge in [0.1, 0.15) is 5.75 Å². The molecule has 2 N–H and O–H groups in total. The fourth-order valence-corrected chi connectivity index (χ4v) is 4.96. The molecule has 0 saturated heterocycles. The Kier molecular flexibility index (Phi) is 8.28. The molecule has 0 heterocycles. The van der Waals surface area contributed by atoms with Gasteiger partial charge < -0.3 is 10.1 Å². The Morgan fingerprint density at radius 2 is 1.51 bits per heavy atom. The minimum atomic E-state index is -3.71. The Morgan fingerprint density at radius 3 is 2.14 bits per heavy atom. The zero-order valence-corrected chi connectivity index (χ0v) is 21.2. The van der Waals surface area contributed by atoms with E-state index in [9.17, 15) is 21.6 Å². The summed E-state index contributed by atoms with van der Waals surface area (Å²) >= 11 is 0. The van der Waals surface area contributed by atoms with Crippen LogP contribution in [0.5, 0.6) is 5.75 Å². The maximum Gasteiger partial charge on any atom is 0.262 e. The number of hydrogen-bond donors (Lipinski definition) is 2. The fourth-order valence-electron chi connectivity index (χ4n) is 3.01. The van der Waals surface area contributed by atoms with E-state index < -0.39 is 26.0 Å². The summed E-state index contributed by atoms with van der Waals surface area (Å²) < 4.78 is 58.8. The average Bonchev–Trinajstić information content (AvgIpc) is 2.83. The van der Waals surface area contributed by atoms with Crippen LogP contribution in [0.3, 0.4) is 0 Å². The maximum absolute atomic E-state index is 12.5. The van der Waals surface area contributed by atoms with E-state index in [0.29, 0.717) is 17.0 Å². The van der Waals surface area contributed by atoms with Gasteiger partial charge >= 0.3 is 0 Å². The first-order valence-corrected chi connectivity index (χ1v) is 13.5. The number of rotatable bonds is 10. The largest absolute Gasteiger partial charge is 0.484 e. The van der Waals surface area contributed by atoms with E-state index in [4.69, 9.17) is 4.74 Å². The highest BCUT2D eigenvalue weighted by Gasteiger charge is 2.19. The van der Waals surface area contributed by atoms with Gasteiger partial charge in [0.25, 0.3) is 5.91 Å². The summed E-state index contributed by atoms with van der Waals surface area (Å²) in [7, 11) is -4.50. The molecule has 3 aromatic carbocycles. The van der Waals surface area contributed by atoms with E-state index in [-0.39, 0.29) is 22.9 Å². The molecule has 186 valence electrons. The highest BCUT2D eigenvalue weighted by molar-refractivity contribution is 7.89.